The molecule has 1 aliphatic heterocycles. The summed E-state index contributed by atoms with van der Waals surface area (Å²) < 4.78 is 0. The van der Waals surface area contributed by atoms with E-state index < -0.39 is 0 Å². The van der Waals surface area contributed by atoms with Gasteiger partial charge in [0.15, 0.2) is 0 Å². The molecule has 0 radical (unpaired) electrons. The largest absolute Gasteiger partial charge is 0.342 e. The first-order valence-electron chi connectivity index (χ1n) is 7.65. The Morgan fingerprint density at radius 1 is 1.32 bits per heavy atom. The molecule has 2 fully saturated rings. The summed E-state index contributed by atoms with van der Waals surface area (Å²) in [5, 5.41) is 2.95. The van der Waals surface area contributed by atoms with Crippen LogP contribution >= 0.6 is 0 Å². The van der Waals surface area contributed by atoms with Crippen LogP contribution in [0.5, 0.6) is 0 Å². The van der Waals surface area contributed by atoms with Crippen molar-refractivity contribution in [3.05, 3.63) is 0 Å². The highest BCUT2D eigenvalue weighted by molar-refractivity contribution is 5.97. The molecule has 1 N–H and O–H groups in total. The Labute approximate surface area is 115 Å². The van der Waals surface area contributed by atoms with Crippen LogP contribution < -0.4 is 5.32 Å². The normalized spacial score (nSPS) is 27.9. The van der Waals surface area contributed by atoms with Gasteiger partial charge in [-0.1, -0.05) is 27.2 Å². The zero-order valence-electron chi connectivity index (χ0n) is 12.3. The third kappa shape index (κ3) is 3.28. The molecular weight excluding hydrogens is 240 g/mol. The fourth-order valence-corrected chi connectivity index (χ4v) is 2.76. The van der Waals surface area contributed by atoms with Gasteiger partial charge in [-0.3, -0.25) is 9.59 Å². The first-order chi connectivity index (χ1) is 9.04. The lowest BCUT2D eigenvalue weighted by molar-refractivity contribution is -0.150. The van der Waals surface area contributed by atoms with Crippen LogP contribution in [0, 0.1) is 11.8 Å². The Hall–Kier alpha value is -1.06. The molecule has 19 heavy (non-hydrogen) atoms. The third-order valence-corrected chi connectivity index (χ3v) is 4.13. The summed E-state index contributed by atoms with van der Waals surface area (Å²) in [6.45, 7) is 7.09. The minimum atomic E-state index is -0.244. The molecular formula is C15H26N2O2. The maximum atomic E-state index is 12.6. The second kappa shape index (κ2) is 5.93. The topological polar surface area (TPSA) is 49.4 Å². The fourth-order valence-electron chi connectivity index (χ4n) is 2.76. The molecule has 2 rings (SSSR count). The molecule has 1 aliphatic carbocycles. The second-order valence-corrected chi connectivity index (χ2v) is 6.34. The van der Waals surface area contributed by atoms with Gasteiger partial charge in [0.25, 0.3) is 0 Å². The zero-order chi connectivity index (χ0) is 14.0. The molecule has 2 amide bonds. The predicted molar refractivity (Wildman–Crippen MR) is 74.5 cm³/mol. The third-order valence-electron chi connectivity index (χ3n) is 4.13. The van der Waals surface area contributed by atoms with Crippen molar-refractivity contribution in [3.63, 3.8) is 0 Å². The average molecular weight is 266 g/mol. The first kappa shape index (κ1) is 14.4. The van der Waals surface area contributed by atoms with Crippen molar-refractivity contribution in [1.82, 2.24) is 10.2 Å². The number of nitrogens with zero attached hydrogens (tertiary/aromatic N) is 1. The summed E-state index contributed by atoms with van der Waals surface area (Å²) in [6, 6.07) is -0.487. The summed E-state index contributed by atoms with van der Waals surface area (Å²) in [5.41, 5.74) is 0. The molecule has 0 aromatic heterocycles. The van der Waals surface area contributed by atoms with E-state index in [1.807, 2.05) is 4.90 Å². The molecule has 1 heterocycles. The number of carbonyl (C=O) groups is 2. The number of piperazine rings is 1. The minimum Gasteiger partial charge on any atom is -0.342 e. The highest BCUT2D eigenvalue weighted by atomic mass is 16.2. The van der Waals surface area contributed by atoms with Gasteiger partial charge in [-0.25, -0.2) is 0 Å². The number of nitrogens with one attached hydrogen (secondary N) is 1. The average Bonchev–Trinajstić information content (AvgIpc) is 3.16. The number of hydrogen-bond acceptors (Lipinski definition) is 2. The highest BCUT2D eigenvalue weighted by Gasteiger charge is 2.46. The van der Waals surface area contributed by atoms with Crippen LogP contribution in [0.2, 0.25) is 0 Å². The van der Waals surface area contributed by atoms with Crippen LogP contribution in [-0.4, -0.2) is 35.3 Å². The molecule has 2 atom stereocenters. The SMILES string of the molecule is CCCC1C(=O)NC(C2CC2)C(=O)N1CCC(C)C. The van der Waals surface area contributed by atoms with Crippen LogP contribution in [0.25, 0.3) is 0 Å². The van der Waals surface area contributed by atoms with Crippen molar-refractivity contribution >= 4 is 11.8 Å². The number of rotatable bonds is 6. The number of carbonyl (C=O) groups excluding carboxylic acids is 2. The predicted octanol–water partition coefficient (Wildman–Crippen LogP) is 1.94. The molecule has 0 aromatic rings. The molecule has 4 heteroatoms. The summed E-state index contributed by atoms with van der Waals surface area (Å²) in [6.07, 6.45) is 4.82. The van der Waals surface area contributed by atoms with Crippen LogP contribution in [-0.2, 0) is 9.59 Å². The van der Waals surface area contributed by atoms with Crippen LogP contribution in [0.1, 0.15) is 52.9 Å². The summed E-state index contributed by atoms with van der Waals surface area (Å²) >= 11 is 0. The number of hydrogen-bond donors (Lipinski definition) is 1. The maximum Gasteiger partial charge on any atom is 0.246 e. The van der Waals surface area contributed by atoms with Crippen LogP contribution in [0.15, 0.2) is 0 Å². The van der Waals surface area contributed by atoms with Gasteiger partial charge < -0.3 is 10.2 Å². The summed E-state index contributed by atoms with van der Waals surface area (Å²) in [7, 11) is 0. The van der Waals surface area contributed by atoms with Gasteiger partial charge in [0.1, 0.15) is 12.1 Å². The van der Waals surface area contributed by atoms with E-state index in [1.165, 1.54) is 0 Å². The van der Waals surface area contributed by atoms with Crippen molar-refractivity contribution < 1.29 is 9.59 Å². The van der Waals surface area contributed by atoms with Crippen molar-refractivity contribution in [2.24, 2.45) is 11.8 Å². The van der Waals surface area contributed by atoms with Gasteiger partial charge >= 0.3 is 0 Å². The lowest BCUT2D eigenvalue weighted by Gasteiger charge is -2.39. The molecule has 0 spiro atoms. The van der Waals surface area contributed by atoms with Crippen molar-refractivity contribution in [3.8, 4) is 0 Å². The second-order valence-electron chi connectivity index (χ2n) is 6.34. The van der Waals surface area contributed by atoms with E-state index in [0.717, 1.165) is 38.6 Å². The smallest absolute Gasteiger partial charge is 0.246 e. The van der Waals surface area contributed by atoms with E-state index in [-0.39, 0.29) is 23.9 Å². The standard InChI is InChI=1S/C15H26N2O2/c1-4-5-12-14(18)16-13(11-6-7-11)15(19)17(12)9-8-10(2)3/h10-13H,4-9H2,1-3H3,(H,16,18). The van der Waals surface area contributed by atoms with Crippen molar-refractivity contribution in [2.45, 2.75) is 65.0 Å². The van der Waals surface area contributed by atoms with Gasteiger partial charge in [-0.05, 0) is 37.5 Å². The molecule has 4 nitrogen and oxygen atoms in total. The van der Waals surface area contributed by atoms with E-state index in [2.05, 4.69) is 26.1 Å². The van der Waals surface area contributed by atoms with E-state index in [9.17, 15) is 9.59 Å². The lowest BCUT2D eigenvalue weighted by atomic mass is 9.99. The Kier molecular flexibility index (Phi) is 4.48. The quantitative estimate of drug-likeness (QED) is 0.798. The summed E-state index contributed by atoms with van der Waals surface area (Å²) in [4.78, 5) is 26.6. The van der Waals surface area contributed by atoms with Crippen molar-refractivity contribution in [1.29, 1.82) is 0 Å². The Balaban J connectivity index is 2.09. The Morgan fingerprint density at radius 2 is 2.00 bits per heavy atom. The van der Waals surface area contributed by atoms with Gasteiger partial charge in [0.2, 0.25) is 11.8 Å². The van der Waals surface area contributed by atoms with Crippen LogP contribution in [0.4, 0.5) is 0 Å². The Morgan fingerprint density at radius 3 is 2.53 bits per heavy atom. The molecule has 0 bridgehead atoms. The van der Waals surface area contributed by atoms with Crippen LogP contribution in [0.3, 0.4) is 0 Å². The van der Waals surface area contributed by atoms with E-state index in [4.69, 9.17) is 0 Å². The zero-order valence-corrected chi connectivity index (χ0v) is 12.3. The molecule has 1 saturated heterocycles. The lowest BCUT2D eigenvalue weighted by Crippen LogP contribution is -2.64. The van der Waals surface area contributed by atoms with Gasteiger partial charge in [-0.15, -0.1) is 0 Å². The molecule has 1 saturated carbocycles. The van der Waals surface area contributed by atoms with Gasteiger partial charge in [-0.2, -0.15) is 0 Å². The van der Waals surface area contributed by atoms with Crippen molar-refractivity contribution in [2.75, 3.05) is 6.54 Å². The van der Waals surface area contributed by atoms with E-state index >= 15 is 0 Å². The first-order valence-corrected chi connectivity index (χ1v) is 7.65. The highest BCUT2D eigenvalue weighted by Crippen LogP contribution is 2.35. The molecule has 2 unspecified atom stereocenters. The van der Waals surface area contributed by atoms with E-state index in [0.29, 0.717) is 11.8 Å². The van der Waals surface area contributed by atoms with Gasteiger partial charge in [0.05, 0.1) is 0 Å². The van der Waals surface area contributed by atoms with Gasteiger partial charge in [0, 0.05) is 6.54 Å². The summed E-state index contributed by atoms with van der Waals surface area (Å²) in [5.74, 6) is 1.16. The molecule has 0 aromatic carbocycles. The molecule has 2 aliphatic rings. The number of amides is 2. The molecule has 108 valence electrons. The van der Waals surface area contributed by atoms with E-state index in [1.54, 1.807) is 0 Å². The minimum absolute atomic E-state index is 0.0575. The fraction of sp³-hybridized carbons (Fsp3) is 0.867. The maximum absolute atomic E-state index is 12.6. The monoisotopic (exact) mass is 266 g/mol. The Bertz CT molecular complexity index is 350.